The lowest BCUT2D eigenvalue weighted by Gasteiger charge is -2.22. The Labute approximate surface area is 132 Å². The van der Waals surface area contributed by atoms with E-state index in [-0.39, 0.29) is 5.28 Å². The number of nitrogens with one attached hydrogen (secondary N) is 2. The van der Waals surface area contributed by atoms with E-state index in [1.807, 2.05) is 12.1 Å². The normalized spacial score (nSPS) is 15.0. The van der Waals surface area contributed by atoms with E-state index < -0.39 is 0 Å². The summed E-state index contributed by atoms with van der Waals surface area (Å²) in [6.45, 7) is 0.642. The fraction of sp³-hybridized carbons (Fsp3) is 0.333. The van der Waals surface area contributed by atoms with E-state index in [1.54, 1.807) is 12.4 Å². The molecule has 1 fully saturated rings. The summed E-state index contributed by atoms with van der Waals surface area (Å²) >= 11 is 6.02. The summed E-state index contributed by atoms with van der Waals surface area (Å²) in [7, 11) is 0. The summed E-state index contributed by atoms with van der Waals surface area (Å²) in [5.41, 5.74) is 2.57. The summed E-state index contributed by atoms with van der Waals surface area (Å²) in [6, 6.07) is 3.92. The Bertz CT molecular complexity index is 796. The highest BCUT2D eigenvalue weighted by atomic mass is 35.5. The molecule has 0 bridgehead atoms. The number of imidazole rings is 1. The molecule has 22 heavy (non-hydrogen) atoms. The second-order valence-electron chi connectivity index (χ2n) is 5.50. The average molecular weight is 315 g/mol. The van der Waals surface area contributed by atoms with Crippen LogP contribution >= 0.6 is 11.6 Å². The third-order valence-corrected chi connectivity index (χ3v) is 4.21. The summed E-state index contributed by atoms with van der Waals surface area (Å²) in [4.78, 5) is 20.4. The van der Waals surface area contributed by atoms with Gasteiger partial charge in [-0.25, -0.2) is 4.98 Å². The molecule has 1 aliphatic carbocycles. The highest BCUT2D eigenvalue weighted by molar-refractivity contribution is 6.28. The van der Waals surface area contributed by atoms with Gasteiger partial charge in [0.05, 0.1) is 0 Å². The molecule has 0 atom stereocenters. The number of aromatic amines is 1. The number of hydrogen-bond acceptors (Lipinski definition) is 5. The summed E-state index contributed by atoms with van der Waals surface area (Å²) in [5.74, 6) is 2.19. The minimum atomic E-state index is 0.205. The average Bonchev–Trinajstić information content (AvgIpc) is 2.87. The highest BCUT2D eigenvalue weighted by Crippen LogP contribution is 2.36. The predicted octanol–water partition coefficient (Wildman–Crippen LogP) is 3.28. The summed E-state index contributed by atoms with van der Waals surface area (Å²) < 4.78 is 0. The van der Waals surface area contributed by atoms with Crippen molar-refractivity contribution in [1.82, 2.24) is 24.9 Å². The zero-order valence-corrected chi connectivity index (χ0v) is 12.6. The molecule has 0 amide bonds. The molecule has 1 aliphatic rings. The van der Waals surface area contributed by atoms with Gasteiger partial charge in [-0.2, -0.15) is 9.97 Å². The number of H-pyrrole nitrogens is 1. The van der Waals surface area contributed by atoms with Crippen molar-refractivity contribution >= 4 is 28.6 Å². The second-order valence-corrected chi connectivity index (χ2v) is 5.84. The van der Waals surface area contributed by atoms with Crippen LogP contribution < -0.4 is 5.32 Å². The number of fused-ring (bicyclic) bond motifs is 1. The van der Waals surface area contributed by atoms with E-state index in [0.29, 0.717) is 23.9 Å². The highest BCUT2D eigenvalue weighted by Gasteiger charge is 2.24. The number of halogens is 1. The Balaban J connectivity index is 1.65. The lowest BCUT2D eigenvalue weighted by atomic mass is 9.85. The number of nitrogens with zero attached hydrogens (tertiary/aromatic N) is 4. The van der Waals surface area contributed by atoms with Crippen molar-refractivity contribution in [2.24, 2.45) is 0 Å². The van der Waals surface area contributed by atoms with Gasteiger partial charge in [0.25, 0.3) is 0 Å². The van der Waals surface area contributed by atoms with Crippen molar-refractivity contribution in [1.29, 1.82) is 0 Å². The smallest absolute Gasteiger partial charge is 0.226 e. The Hall–Kier alpha value is -2.21. The van der Waals surface area contributed by atoms with Gasteiger partial charge in [-0.3, -0.25) is 4.98 Å². The maximum Gasteiger partial charge on any atom is 0.226 e. The van der Waals surface area contributed by atoms with E-state index in [2.05, 4.69) is 30.2 Å². The Kier molecular flexibility index (Phi) is 3.38. The molecule has 3 heterocycles. The largest absolute Gasteiger partial charge is 0.364 e. The van der Waals surface area contributed by atoms with E-state index in [4.69, 9.17) is 11.6 Å². The molecule has 2 N–H and O–H groups in total. The second kappa shape index (κ2) is 5.53. The third kappa shape index (κ3) is 2.50. The van der Waals surface area contributed by atoms with E-state index in [0.717, 1.165) is 16.9 Å². The summed E-state index contributed by atoms with van der Waals surface area (Å²) in [5, 5.41) is 3.50. The topological polar surface area (TPSA) is 79.4 Å². The molecule has 0 spiro atoms. The van der Waals surface area contributed by atoms with Gasteiger partial charge in [0.1, 0.15) is 11.3 Å². The molecular weight excluding hydrogens is 300 g/mol. The molecule has 6 nitrogen and oxygen atoms in total. The molecule has 0 saturated heterocycles. The van der Waals surface area contributed by atoms with Crippen LogP contribution in [0.3, 0.4) is 0 Å². The van der Waals surface area contributed by atoms with Crippen molar-refractivity contribution < 1.29 is 0 Å². The van der Waals surface area contributed by atoms with Crippen LogP contribution in [0.5, 0.6) is 0 Å². The van der Waals surface area contributed by atoms with Crippen LogP contribution in [0, 0.1) is 0 Å². The Morgan fingerprint density at radius 1 is 1.18 bits per heavy atom. The first-order chi connectivity index (χ1) is 10.8. The molecule has 7 heteroatoms. The Morgan fingerprint density at radius 3 is 2.73 bits per heavy atom. The fourth-order valence-corrected chi connectivity index (χ4v) is 2.74. The van der Waals surface area contributed by atoms with Gasteiger partial charge in [-0.1, -0.05) is 6.42 Å². The molecule has 112 valence electrons. The lowest BCUT2D eigenvalue weighted by molar-refractivity contribution is 0.404. The number of hydrogen-bond donors (Lipinski definition) is 2. The lowest BCUT2D eigenvalue weighted by Crippen LogP contribution is -2.10. The van der Waals surface area contributed by atoms with Crippen LogP contribution in [0.25, 0.3) is 11.2 Å². The summed E-state index contributed by atoms with van der Waals surface area (Å²) in [6.07, 6.45) is 7.16. The van der Waals surface area contributed by atoms with E-state index in [9.17, 15) is 0 Å². The van der Waals surface area contributed by atoms with Gasteiger partial charge in [-0.05, 0) is 42.1 Å². The third-order valence-electron chi connectivity index (χ3n) is 4.04. The number of pyridine rings is 1. The fourth-order valence-electron chi connectivity index (χ4n) is 2.58. The minimum Gasteiger partial charge on any atom is -0.364 e. The molecule has 0 radical (unpaired) electrons. The van der Waals surface area contributed by atoms with Gasteiger partial charge >= 0.3 is 0 Å². The van der Waals surface area contributed by atoms with Gasteiger partial charge in [-0.15, -0.1) is 0 Å². The molecule has 3 aromatic heterocycles. The molecule has 1 saturated carbocycles. The van der Waals surface area contributed by atoms with Crippen LogP contribution in [-0.2, 0) is 6.54 Å². The first-order valence-corrected chi connectivity index (χ1v) is 7.73. The number of anilines is 1. The van der Waals surface area contributed by atoms with Crippen molar-refractivity contribution in [3.8, 4) is 0 Å². The van der Waals surface area contributed by atoms with Crippen molar-refractivity contribution in [2.45, 2.75) is 31.7 Å². The van der Waals surface area contributed by atoms with E-state index >= 15 is 0 Å². The van der Waals surface area contributed by atoms with Gasteiger partial charge < -0.3 is 10.3 Å². The van der Waals surface area contributed by atoms with Crippen LogP contribution in [-0.4, -0.2) is 24.9 Å². The maximum atomic E-state index is 6.02. The first-order valence-electron chi connectivity index (χ1n) is 7.35. The predicted molar refractivity (Wildman–Crippen MR) is 84.8 cm³/mol. The zero-order valence-electron chi connectivity index (χ0n) is 11.9. The minimum absolute atomic E-state index is 0.205. The first kappa shape index (κ1) is 13.5. The van der Waals surface area contributed by atoms with Crippen LogP contribution in [0.15, 0.2) is 24.5 Å². The van der Waals surface area contributed by atoms with Gasteiger partial charge in [0.2, 0.25) is 5.28 Å². The molecule has 0 unspecified atom stereocenters. The van der Waals surface area contributed by atoms with Gasteiger partial charge in [0.15, 0.2) is 11.5 Å². The standard InChI is InChI=1S/C15H15ClN6/c16-15-21-13(18-8-9-4-6-17-7-5-9)11-14(22-15)20-12(19-11)10-2-1-3-10/h4-7,10H,1-3,8H2,(H2,18,19,20,21,22). The van der Waals surface area contributed by atoms with Gasteiger partial charge in [0, 0.05) is 24.9 Å². The quantitative estimate of drug-likeness (QED) is 0.722. The van der Waals surface area contributed by atoms with Crippen LogP contribution in [0.2, 0.25) is 5.28 Å². The number of rotatable bonds is 4. The molecule has 0 aromatic carbocycles. The molecule has 3 aromatic rings. The number of aromatic nitrogens is 5. The van der Waals surface area contributed by atoms with Crippen molar-refractivity contribution in [2.75, 3.05) is 5.32 Å². The van der Waals surface area contributed by atoms with E-state index in [1.165, 1.54) is 19.3 Å². The molecule has 4 rings (SSSR count). The van der Waals surface area contributed by atoms with Crippen LogP contribution in [0.1, 0.15) is 36.6 Å². The Morgan fingerprint density at radius 2 is 2.00 bits per heavy atom. The monoisotopic (exact) mass is 314 g/mol. The SMILES string of the molecule is Clc1nc(NCc2ccncc2)c2[nH]c(C3CCC3)nc2n1. The van der Waals surface area contributed by atoms with Crippen LogP contribution in [0.4, 0.5) is 5.82 Å². The molecular formula is C15H15ClN6. The van der Waals surface area contributed by atoms with Crippen molar-refractivity contribution in [3.63, 3.8) is 0 Å². The zero-order chi connectivity index (χ0) is 14.9. The maximum absolute atomic E-state index is 6.02. The van der Waals surface area contributed by atoms with Crippen molar-refractivity contribution in [3.05, 3.63) is 41.2 Å². The molecule has 0 aliphatic heterocycles.